The number of fused-ring (bicyclic) bond motifs is 1. The Morgan fingerprint density at radius 3 is 2.86 bits per heavy atom. The van der Waals surface area contributed by atoms with Crippen LogP contribution in [0.15, 0.2) is 65.8 Å². The summed E-state index contributed by atoms with van der Waals surface area (Å²) >= 11 is 0. The quantitative estimate of drug-likeness (QED) is 0.475. The predicted molar refractivity (Wildman–Crippen MR) is 107 cm³/mol. The van der Waals surface area contributed by atoms with E-state index in [1.807, 2.05) is 36.4 Å². The third kappa shape index (κ3) is 5.35. The third-order valence-electron chi connectivity index (χ3n) is 5.21. The molecule has 0 spiro atoms. The Balaban J connectivity index is 1.54. The van der Waals surface area contributed by atoms with Crippen LogP contribution in [0.4, 0.5) is 4.79 Å². The Labute approximate surface area is 166 Å². The van der Waals surface area contributed by atoms with E-state index >= 15 is 0 Å². The number of alkyl carbamates (subject to hydrolysis) is 1. The first-order valence-corrected chi connectivity index (χ1v) is 9.72. The van der Waals surface area contributed by atoms with Gasteiger partial charge in [-0.25, -0.2) is 9.59 Å². The number of benzene rings is 1. The summed E-state index contributed by atoms with van der Waals surface area (Å²) in [6.45, 7) is 6.64. The molecule has 1 aromatic carbocycles. The van der Waals surface area contributed by atoms with E-state index in [1.165, 1.54) is 5.57 Å². The second-order valence-electron chi connectivity index (χ2n) is 7.37. The van der Waals surface area contributed by atoms with Crippen LogP contribution in [0.3, 0.4) is 0 Å². The zero-order valence-corrected chi connectivity index (χ0v) is 16.3. The molecule has 0 bridgehead atoms. The molecule has 1 aliphatic carbocycles. The van der Waals surface area contributed by atoms with Crippen LogP contribution >= 0.6 is 0 Å². The van der Waals surface area contributed by atoms with Crippen molar-refractivity contribution in [3.05, 3.63) is 71.3 Å². The number of amides is 1. The van der Waals surface area contributed by atoms with Crippen LogP contribution in [0.2, 0.25) is 0 Å². The SMILES string of the molecule is C=C1C(=O)O[C@@H]2C=C(C)CCC=C(COC(=O)NCc3ccccc3)CC[C@@H]12. The molecule has 3 rings (SSSR count). The lowest BCUT2D eigenvalue weighted by Crippen LogP contribution is -2.24. The lowest BCUT2D eigenvalue weighted by molar-refractivity contribution is -0.137. The molecule has 2 atom stereocenters. The third-order valence-corrected chi connectivity index (χ3v) is 5.21. The van der Waals surface area contributed by atoms with E-state index < -0.39 is 6.09 Å². The standard InChI is InChI=1S/C23H27NO4/c1-16-7-6-10-19(11-12-20-17(2)22(25)28-21(20)13-16)15-27-23(26)24-14-18-8-4-3-5-9-18/h3-5,8-10,13,20-21H,2,6-7,11-12,14-15H2,1H3,(H,24,26)/t20-,21+/m0/s1. The average molecular weight is 381 g/mol. The Bertz CT molecular complexity index is 794. The topological polar surface area (TPSA) is 64.6 Å². The van der Waals surface area contributed by atoms with Gasteiger partial charge in [-0.3, -0.25) is 0 Å². The molecule has 0 aromatic heterocycles. The molecule has 1 saturated heterocycles. The maximum absolute atomic E-state index is 12.0. The van der Waals surface area contributed by atoms with Gasteiger partial charge in [0.2, 0.25) is 0 Å². The Hall–Kier alpha value is -2.82. The van der Waals surface area contributed by atoms with Crippen LogP contribution in [0.1, 0.15) is 38.2 Å². The summed E-state index contributed by atoms with van der Waals surface area (Å²) in [4.78, 5) is 23.9. The molecule has 148 valence electrons. The lowest BCUT2D eigenvalue weighted by Gasteiger charge is -2.18. The van der Waals surface area contributed by atoms with Crippen molar-refractivity contribution in [2.24, 2.45) is 5.92 Å². The first kappa shape index (κ1) is 19.9. The van der Waals surface area contributed by atoms with Crippen LogP contribution < -0.4 is 5.32 Å². The van der Waals surface area contributed by atoms with Crippen LogP contribution in [0, 0.1) is 5.92 Å². The fourth-order valence-corrected chi connectivity index (χ4v) is 3.54. The normalized spacial score (nSPS) is 22.5. The summed E-state index contributed by atoms with van der Waals surface area (Å²) in [5.74, 6) is -0.323. The summed E-state index contributed by atoms with van der Waals surface area (Å²) in [5, 5.41) is 2.77. The molecule has 0 saturated carbocycles. The van der Waals surface area contributed by atoms with Crippen molar-refractivity contribution in [2.75, 3.05) is 6.61 Å². The van der Waals surface area contributed by atoms with Gasteiger partial charge in [0.05, 0.1) is 0 Å². The highest BCUT2D eigenvalue weighted by Gasteiger charge is 2.37. The fraction of sp³-hybridized carbons (Fsp3) is 0.391. The molecular weight excluding hydrogens is 354 g/mol. The molecule has 1 fully saturated rings. The molecule has 28 heavy (non-hydrogen) atoms. The predicted octanol–water partition coefficient (Wildman–Crippen LogP) is 4.46. The van der Waals surface area contributed by atoms with Crippen molar-refractivity contribution < 1.29 is 19.1 Å². The zero-order chi connectivity index (χ0) is 19.9. The summed E-state index contributed by atoms with van der Waals surface area (Å²) in [5.41, 5.74) is 3.82. The summed E-state index contributed by atoms with van der Waals surface area (Å²) in [6, 6.07) is 9.71. The van der Waals surface area contributed by atoms with E-state index in [-0.39, 0.29) is 24.6 Å². The van der Waals surface area contributed by atoms with Crippen LogP contribution in [0.25, 0.3) is 0 Å². The number of nitrogens with one attached hydrogen (secondary N) is 1. The van der Waals surface area contributed by atoms with Crippen molar-refractivity contribution in [3.8, 4) is 0 Å². The first-order valence-electron chi connectivity index (χ1n) is 9.72. The van der Waals surface area contributed by atoms with Gasteiger partial charge in [-0.2, -0.15) is 0 Å². The van der Waals surface area contributed by atoms with Gasteiger partial charge in [0, 0.05) is 18.0 Å². The lowest BCUT2D eigenvalue weighted by atomic mass is 9.88. The smallest absolute Gasteiger partial charge is 0.407 e. The highest BCUT2D eigenvalue weighted by Crippen LogP contribution is 2.34. The van der Waals surface area contributed by atoms with E-state index in [1.54, 1.807) is 0 Å². The number of carbonyl (C=O) groups excluding carboxylic acids is 2. The van der Waals surface area contributed by atoms with Gasteiger partial charge in [-0.05, 0) is 49.8 Å². The van der Waals surface area contributed by atoms with Crippen molar-refractivity contribution in [3.63, 3.8) is 0 Å². The van der Waals surface area contributed by atoms with E-state index in [4.69, 9.17) is 9.47 Å². The van der Waals surface area contributed by atoms with E-state index in [2.05, 4.69) is 24.9 Å². The molecular formula is C23H27NO4. The number of carbonyl (C=O) groups is 2. The van der Waals surface area contributed by atoms with Gasteiger partial charge in [-0.1, -0.05) is 48.6 Å². The second kappa shape index (κ2) is 9.40. The maximum atomic E-state index is 12.0. The highest BCUT2D eigenvalue weighted by atomic mass is 16.6. The number of allylic oxidation sites excluding steroid dienone is 2. The van der Waals surface area contributed by atoms with Crippen molar-refractivity contribution in [2.45, 2.75) is 45.3 Å². The molecule has 5 heteroatoms. The molecule has 5 nitrogen and oxygen atoms in total. The fourth-order valence-electron chi connectivity index (χ4n) is 3.54. The molecule has 1 N–H and O–H groups in total. The molecule has 1 aliphatic heterocycles. The van der Waals surface area contributed by atoms with Gasteiger partial charge in [-0.15, -0.1) is 0 Å². The number of ether oxygens (including phenoxy) is 2. The second-order valence-corrected chi connectivity index (χ2v) is 7.37. The molecule has 1 heterocycles. The van der Waals surface area contributed by atoms with Gasteiger partial charge >= 0.3 is 12.1 Å². The monoisotopic (exact) mass is 381 g/mol. The van der Waals surface area contributed by atoms with Crippen molar-refractivity contribution in [1.29, 1.82) is 0 Å². The van der Waals surface area contributed by atoms with Gasteiger partial charge in [0.1, 0.15) is 12.7 Å². The van der Waals surface area contributed by atoms with E-state index in [0.717, 1.165) is 36.8 Å². The largest absolute Gasteiger partial charge is 0.454 e. The zero-order valence-electron chi connectivity index (χ0n) is 16.3. The van der Waals surface area contributed by atoms with Crippen LogP contribution in [0.5, 0.6) is 0 Å². The Morgan fingerprint density at radius 2 is 2.07 bits per heavy atom. The minimum absolute atomic E-state index is 0.0177. The van der Waals surface area contributed by atoms with Crippen molar-refractivity contribution in [1.82, 2.24) is 5.32 Å². The number of rotatable bonds is 4. The summed E-state index contributed by atoms with van der Waals surface area (Å²) < 4.78 is 10.9. The van der Waals surface area contributed by atoms with Crippen LogP contribution in [-0.4, -0.2) is 24.8 Å². The molecule has 0 radical (unpaired) electrons. The maximum Gasteiger partial charge on any atom is 0.407 e. The van der Waals surface area contributed by atoms with Crippen LogP contribution in [-0.2, 0) is 20.8 Å². The minimum atomic E-state index is -0.431. The highest BCUT2D eigenvalue weighted by molar-refractivity contribution is 5.91. The van der Waals surface area contributed by atoms with E-state index in [0.29, 0.717) is 12.1 Å². The van der Waals surface area contributed by atoms with Crippen molar-refractivity contribution >= 4 is 12.1 Å². The molecule has 0 unspecified atom stereocenters. The summed E-state index contributed by atoms with van der Waals surface area (Å²) in [7, 11) is 0. The Kier molecular flexibility index (Phi) is 6.69. The van der Waals surface area contributed by atoms with Gasteiger partial charge in [0.15, 0.2) is 0 Å². The number of hydrogen-bond acceptors (Lipinski definition) is 4. The molecule has 2 aliphatic rings. The Morgan fingerprint density at radius 1 is 1.29 bits per heavy atom. The van der Waals surface area contributed by atoms with Gasteiger partial charge in [0.25, 0.3) is 0 Å². The molecule has 1 aromatic rings. The van der Waals surface area contributed by atoms with E-state index in [9.17, 15) is 9.59 Å². The minimum Gasteiger partial charge on any atom is -0.454 e. The van der Waals surface area contributed by atoms with Gasteiger partial charge < -0.3 is 14.8 Å². The number of hydrogen-bond donors (Lipinski definition) is 1. The number of esters is 1. The first-order chi connectivity index (χ1) is 13.5. The molecule has 1 amide bonds. The average Bonchev–Trinajstić information content (AvgIpc) is 2.95. The summed E-state index contributed by atoms with van der Waals surface area (Å²) in [6.07, 6.45) is 6.79.